The zero-order valence-corrected chi connectivity index (χ0v) is 22.8. The summed E-state index contributed by atoms with van der Waals surface area (Å²) in [5.41, 5.74) is 11.6. The standard InChI is InChI=1S/C22H28ClFN7O7P/c1-11(2)36-19(33)12(3)30-39(34,38-13-7-5-4-6-8-13)35-9-14-16(32)22(23,24)20(37-14)31-10-27-15-17(25)28-21(26)29-18(15)31/h4-8,10-12,14,16,20,32H,9H2,1-3H3,(H,30,34)(H4,25,26,28,29)/t12-,14+,16+,20+,22-,39-/m0/s1. The number of nitrogens with two attached hydrogens (primary N) is 2. The Kier molecular flexibility index (Phi) is 8.30. The average molecular weight is 588 g/mol. The number of para-hydroxylation sites is 1. The lowest BCUT2D eigenvalue weighted by atomic mass is 10.1. The molecule has 1 aromatic carbocycles. The van der Waals surface area contributed by atoms with Gasteiger partial charge in [-0.05, 0) is 32.9 Å². The van der Waals surface area contributed by atoms with E-state index < -0.39 is 56.0 Å². The van der Waals surface area contributed by atoms with Crippen molar-refractivity contribution in [3.8, 4) is 5.75 Å². The highest BCUT2D eigenvalue weighted by molar-refractivity contribution is 7.52. The monoisotopic (exact) mass is 587 g/mol. The lowest BCUT2D eigenvalue weighted by Gasteiger charge is -2.25. The fourth-order valence-electron chi connectivity index (χ4n) is 3.74. The summed E-state index contributed by atoms with van der Waals surface area (Å²) < 4.78 is 52.3. The Balaban J connectivity index is 1.55. The predicted octanol–water partition coefficient (Wildman–Crippen LogP) is 2.29. The van der Waals surface area contributed by atoms with Gasteiger partial charge in [-0.1, -0.05) is 29.8 Å². The van der Waals surface area contributed by atoms with Crippen molar-refractivity contribution in [2.45, 2.75) is 56.5 Å². The minimum atomic E-state index is -4.33. The van der Waals surface area contributed by atoms with Crippen LogP contribution in [0.5, 0.6) is 5.75 Å². The number of carbonyl (C=O) groups excluding carboxylic acids is 1. The van der Waals surface area contributed by atoms with Crippen LogP contribution in [0, 0.1) is 0 Å². The first-order valence-corrected chi connectivity index (χ1v) is 13.7. The van der Waals surface area contributed by atoms with E-state index >= 15 is 4.39 Å². The lowest BCUT2D eigenvalue weighted by molar-refractivity contribution is -0.149. The van der Waals surface area contributed by atoms with Crippen molar-refractivity contribution >= 4 is 48.2 Å². The second-order valence-corrected chi connectivity index (χ2v) is 11.2. The Labute approximate surface area is 227 Å². The molecule has 3 heterocycles. The van der Waals surface area contributed by atoms with Gasteiger partial charge in [0.25, 0.3) is 5.13 Å². The van der Waals surface area contributed by atoms with E-state index in [0.29, 0.717) is 0 Å². The van der Waals surface area contributed by atoms with Crippen LogP contribution < -0.4 is 21.1 Å². The Hall–Kier alpha value is -3.07. The summed E-state index contributed by atoms with van der Waals surface area (Å²) in [7, 11) is -4.33. The number of aliphatic hydroxyl groups is 1. The molecule has 0 unspecified atom stereocenters. The molecule has 0 radical (unpaired) electrons. The Morgan fingerprint density at radius 2 is 2.00 bits per heavy atom. The number of hydrogen-bond donors (Lipinski definition) is 4. The van der Waals surface area contributed by atoms with Crippen molar-refractivity contribution in [1.82, 2.24) is 24.6 Å². The van der Waals surface area contributed by atoms with Crippen molar-refractivity contribution in [2.24, 2.45) is 0 Å². The number of fused-ring (bicyclic) bond motifs is 1. The minimum absolute atomic E-state index is 0.0127. The van der Waals surface area contributed by atoms with Gasteiger partial charge in [0.15, 0.2) is 17.7 Å². The minimum Gasteiger partial charge on any atom is -0.462 e. The van der Waals surface area contributed by atoms with Gasteiger partial charge in [-0.3, -0.25) is 13.9 Å². The second kappa shape index (κ2) is 11.2. The zero-order valence-electron chi connectivity index (χ0n) is 21.1. The summed E-state index contributed by atoms with van der Waals surface area (Å²) in [5, 5.41) is 10.3. The van der Waals surface area contributed by atoms with Gasteiger partial charge in [0.1, 0.15) is 29.5 Å². The number of anilines is 2. The van der Waals surface area contributed by atoms with Crippen molar-refractivity contribution < 1.29 is 37.4 Å². The molecule has 212 valence electrons. The summed E-state index contributed by atoms with van der Waals surface area (Å²) >= 11 is 6.08. The van der Waals surface area contributed by atoms with E-state index in [9.17, 15) is 14.5 Å². The number of carbonyl (C=O) groups is 1. The third-order valence-electron chi connectivity index (χ3n) is 5.53. The van der Waals surface area contributed by atoms with E-state index in [1.165, 1.54) is 19.1 Å². The van der Waals surface area contributed by atoms with Crippen molar-refractivity contribution in [3.63, 3.8) is 0 Å². The predicted molar refractivity (Wildman–Crippen MR) is 138 cm³/mol. The summed E-state index contributed by atoms with van der Waals surface area (Å²) in [5.74, 6) is -0.808. The molecule has 6 N–H and O–H groups in total. The summed E-state index contributed by atoms with van der Waals surface area (Å²) in [6, 6.07) is 6.89. The molecule has 0 saturated carbocycles. The first-order valence-electron chi connectivity index (χ1n) is 11.7. The van der Waals surface area contributed by atoms with E-state index in [4.69, 9.17) is 41.6 Å². The lowest BCUT2D eigenvalue weighted by Crippen LogP contribution is -2.40. The van der Waals surface area contributed by atoms with Gasteiger partial charge < -0.3 is 30.6 Å². The molecule has 0 aliphatic carbocycles. The van der Waals surface area contributed by atoms with Crippen LogP contribution in [0.3, 0.4) is 0 Å². The van der Waals surface area contributed by atoms with Gasteiger partial charge in [-0.2, -0.15) is 15.1 Å². The number of imidazole rings is 1. The van der Waals surface area contributed by atoms with Gasteiger partial charge in [0, 0.05) is 0 Å². The second-order valence-electron chi connectivity index (χ2n) is 8.97. The van der Waals surface area contributed by atoms with Crippen LogP contribution >= 0.6 is 19.3 Å². The van der Waals surface area contributed by atoms with E-state index in [0.717, 1.165) is 10.9 Å². The van der Waals surface area contributed by atoms with Gasteiger partial charge >= 0.3 is 13.7 Å². The SMILES string of the molecule is CC(C)OC(=O)[C@H](C)N[P@](=O)(OC[C@H]1O[C@@H](n2cnc3c(N)nc(N)nc32)[C@](F)(Cl)[C@@H]1O)Oc1ccccc1. The number of hydrogen-bond acceptors (Lipinski definition) is 12. The number of ether oxygens (including phenoxy) is 2. The van der Waals surface area contributed by atoms with Gasteiger partial charge in [-0.15, -0.1) is 0 Å². The maximum atomic E-state index is 15.6. The van der Waals surface area contributed by atoms with E-state index in [-0.39, 0.29) is 28.7 Å². The Morgan fingerprint density at radius 3 is 2.67 bits per heavy atom. The number of aromatic nitrogens is 4. The quantitative estimate of drug-likeness (QED) is 0.153. The molecule has 3 aromatic rings. The normalized spacial score (nSPS) is 25.5. The maximum Gasteiger partial charge on any atom is 0.459 e. The average Bonchev–Trinajstić information content (AvgIpc) is 3.36. The van der Waals surface area contributed by atoms with E-state index in [1.807, 2.05) is 0 Å². The number of benzene rings is 1. The van der Waals surface area contributed by atoms with Crippen LogP contribution in [0.1, 0.15) is 27.0 Å². The number of esters is 1. The van der Waals surface area contributed by atoms with Crippen LogP contribution in [0.25, 0.3) is 11.2 Å². The number of halogens is 2. The Morgan fingerprint density at radius 1 is 1.31 bits per heavy atom. The molecule has 0 bridgehead atoms. The molecule has 6 atom stereocenters. The largest absolute Gasteiger partial charge is 0.462 e. The molecule has 1 aliphatic rings. The third kappa shape index (κ3) is 6.24. The van der Waals surface area contributed by atoms with Crippen molar-refractivity contribution in [1.29, 1.82) is 0 Å². The molecule has 1 aliphatic heterocycles. The molecule has 2 aromatic heterocycles. The van der Waals surface area contributed by atoms with Crippen LogP contribution in [-0.4, -0.2) is 66.7 Å². The number of alkyl halides is 2. The number of nitrogen functional groups attached to an aromatic ring is 2. The highest BCUT2D eigenvalue weighted by atomic mass is 35.5. The van der Waals surface area contributed by atoms with Gasteiger partial charge in [0.2, 0.25) is 5.95 Å². The van der Waals surface area contributed by atoms with Gasteiger partial charge in [0.05, 0.1) is 19.0 Å². The summed E-state index contributed by atoms with van der Waals surface area (Å²) in [6.45, 7) is 4.06. The smallest absolute Gasteiger partial charge is 0.459 e. The first-order chi connectivity index (χ1) is 18.3. The molecule has 17 heteroatoms. The molecular formula is C22H28ClFN7O7P. The molecule has 0 amide bonds. The molecule has 39 heavy (non-hydrogen) atoms. The van der Waals surface area contributed by atoms with Crippen LogP contribution in [0.4, 0.5) is 16.2 Å². The summed E-state index contributed by atoms with van der Waals surface area (Å²) in [6.07, 6.45) is -4.35. The number of rotatable bonds is 10. The first kappa shape index (κ1) is 28.9. The van der Waals surface area contributed by atoms with E-state index in [2.05, 4.69) is 20.0 Å². The summed E-state index contributed by atoms with van der Waals surface area (Å²) in [4.78, 5) is 24.2. The third-order valence-corrected chi connectivity index (χ3v) is 7.59. The number of nitrogens with zero attached hydrogens (tertiary/aromatic N) is 4. The topological polar surface area (TPSA) is 199 Å². The highest BCUT2D eigenvalue weighted by Gasteiger charge is 2.58. The molecular weight excluding hydrogens is 560 g/mol. The van der Waals surface area contributed by atoms with Crippen LogP contribution in [0.2, 0.25) is 0 Å². The maximum absolute atomic E-state index is 15.6. The molecule has 4 rings (SSSR count). The molecule has 0 spiro atoms. The highest BCUT2D eigenvalue weighted by Crippen LogP contribution is 2.49. The van der Waals surface area contributed by atoms with Crippen LogP contribution in [-0.2, 0) is 23.4 Å². The van der Waals surface area contributed by atoms with Crippen molar-refractivity contribution in [2.75, 3.05) is 18.1 Å². The number of nitrogens with one attached hydrogen (secondary N) is 1. The van der Waals surface area contributed by atoms with Crippen molar-refractivity contribution in [3.05, 3.63) is 36.7 Å². The van der Waals surface area contributed by atoms with Crippen LogP contribution in [0.15, 0.2) is 36.7 Å². The fraction of sp³-hybridized carbons (Fsp3) is 0.455. The Bertz CT molecular complexity index is 1380. The fourth-order valence-corrected chi connectivity index (χ4v) is 5.54. The number of aliphatic hydroxyl groups excluding tert-OH is 1. The molecule has 1 fully saturated rings. The van der Waals surface area contributed by atoms with Gasteiger partial charge in [-0.25, -0.2) is 13.9 Å². The zero-order chi connectivity index (χ0) is 28.5. The molecule has 14 nitrogen and oxygen atoms in total. The molecule has 1 saturated heterocycles. The van der Waals surface area contributed by atoms with E-state index in [1.54, 1.807) is 32.0 Å².